The van der Waals surface area contributed by atoms with E-state index >= 15 is 0 Å². The number of hydrogen-bond acceptors (Lipinski definition) is 4. The minimum Gasteiger partial charge on any atom is -0.328 e. The van der Waals surface area contributed by atoms with Gasteiger partial charge in [-0.2, -0.15) is 4.31 Å². The Balaban J connectivity index is 2.23. The van der Waals surface area contributed by atoms with Crippen LogP contribution in [0.5, 0.6) is 0 Å². The van der Waals surface area contributed by atoms with Gasteiger partial charge in [-0.15, -0.1) is 11.3 Å². The molecule has 0 amide bonds. The lowest BCUT2D eigenvalue weighted by Crippen LogP contribution is -2.44. The highest BCUT2D eigenvalue weighted by Crippen LogP contribution is 2.34. The molecule has 1 fully saturated rings. The number of sulfonamides is 1. The molecule has 0 aromatic carbocycles. The van der Waals surface area contributed by atoms with Crippen LogP contribution in [-0.4, -0.2) is 31.9 Å². The average molecular weight is 331 g/mol. The van der Waals surface area contributed by atoms with Gasteiger partial charge in [-0.3, -0.25) is 0 Å². The molecule has 0 saturated carbocycles. The topological polar surface area (TPSA) is 63.4 Å². The van der Waals surface area contributed by atoms with E-state index in [4.69, 9.17) is 5.73 Å². The normalized spacial score (nSPS) is 23.2. The molecule has 1 aromatic heterocycles. The Hall–Kier alpha value is -0.430. The Morgan fingerprint density at radius 3 is 2.57 bits per heavy atom. The first-order chi connectivity index (χ1) is 9.62. The fourth-order valence-corrected chi connectivity index (χ4v) is 5.66. The summed E-state index contributed by atoms with van der Waals surface area (Å²) in [7, 11) is -3.37. The van der Waals surface area contributed by atoms with Crippen molar-refractivity contribution < 1.29 is 8.42 Å². The maximum atomic E-state index is 12.8. The summed E-state index contributed by atoms with van der Waals surface area (Å²) in [6.07, 6.45) is 1.91. The zero-order valence-electron chi connectivity index (χ0n) is 13.3. The Bertz CT molecular complexity index is 585. The van der Waals surface area contributed by atoms with Gasteiger partial charge in [0.1, 0.15) is 4.21 Å². The first kappa shape index (κ1) is 16.9. The zero-order chi connectivity index (χ0) is 15.8. The molecule has 1 aliphatic heterocycles. The van der Waals surface area contributed by atoms with Crippen LogP contribution in [0.2, 0.25) is 0 Å². The molecule has 0 spiro atoms. The minimum absolute atomic E-state index is 0.0192. The van der Waals surface area contributed by atoms with Crippen molar-refractivity contribution in [2.75, 3.05) is 13.1 Å². The van der Waals surface area contributed by atoms with E-state index in [0.717, 1.165) is 17.7 Å². The third-order valence-corrected chi connectivity index (χ3v) is 7.92. The van der Waals surface area contributed by atoms with Crippen molar-refractivity contribution in [1.82, 2.24) is 4.31 Å². The Morgan fingerprint density at radius 2 is 2.05 bits per heavy atom. The van der Waals surface area contributed by atoms with Crippen molar-refractivity contribution in [3.8, 4) is 0 Å². The van der Waals surface area contributed by atoms with Gasteiger partial charge >= 0.3 is 0 Å². The largest absolute Gasteiger partial charge is 0.328 e. The van der Waals surface area contributed by atoms with E-state index in [1.807, 2.05) is 13.0 Å². The lowest BCUT2D eigenvalue weighted by atomic mass is 9.93. The van der Waals surface area contributed by atoms with Crippen LogP contribution in [0.3, 0.4) is 0 Å². The summed E-state index contributed by atoms with van der Waals surface area (Å²) < 4.78 is 27.7. The predicted molar refractivity (Wildman–Crippen MR) is 88.2 cm³/mol. The lowest BCUT2D eigenvalue weighted by molar-refractivity contribution is 0.243. The van der Waals surface area contributed by atoms with Crippen LogP contribution >= 0.6 is 11.3 Å². The van der Waals surface area contributed by atoms with Crippen molar-refractivity contribution in [2.24, 2.45) is 11.7 Å². The molecule has 21 heavy (non-hydrogen) atoms. The van der Waals surface area contributed by atoms with Crippen molar-refractivity contribution in [1.29, 1.82) is 0 Å². The quantitative estimate of drug-likeness (QED) is 0.927. The van der Waals surface area contributed by atoms with E-state index in [0.29, 0.717) is 17.3 Å². The lowest BCUT2D eigenvalue weighted by Gasteiger charge is -2.33. The van der Waals surface area contributed by atoms with E-state index in [1.165, 1.54) is 11.3 Å². The molecule has 6 heteroatoms. The van der Waals surface area contributed by atoms with Crippen LogP contribution in [0.1, 0.15) is 45.4 Å². The fourth-order valence-electron chi connectivity index (χ4n) is 2.61. The maximum absolute atomic E-state index is 12.8. The van der Waals surface area contributed by atoms with Gasteiger partial charge in [-0.1, -0.05) is 20.8 Å². The van der Waals surface area contributed by atoms with Crippen molar-refractivity contribution in [3.63, 3.8) is 0 Å². The summed E-state index contributed by atoms with van der Waals surface area (Å²) in [5.41, 5.74) is 5.93. The van der Waals surface area contributed by atoms with Gasteiger partial charge in [0, 0.05) is 24.0 Å². The number of nitrogens with two attached hydrogens (primary N) is 1. The van der Waals surface area contributed by atoms with Crippen LogP contribution in [0.15, 0.2) is 16.3 Å². The average Bonchev–Trinajstić information content (AvgIpc) is 2.89. The second-order valence-electron chi connectivity index (χ2n) is 6.99. The fraction of sp³-hybridized carbons (Fsp3) is 0.733. The molecule has 2 N–H and O–H groups in total. The summed E-state index contributed by atoms with van der Waals surface area (Å²) in [5, 5.41) is 0. The van der Waals surface area contributed by atoms with Crippen molar-refractivity contribution in [3.05, 3.63) is 17.0 Å². The smallest absolute Gasteiger partial charge is 0.252 e. The number of rotatable bonds is 3. The number of hydrogen-bond donors (Lipinski definition) is 1. The first-order valence-electron chi connectivity index (χ1n) is 7.48. The van der Waals surface area contributed by atoms with E-state index in [-0.39, 0.29) is 17.4 Å². The van der Waals surface area contributed by atoms with Gasteiger partial charge in [0.25, 0.3) is 10.0 Å². The molecule has 0 aliphatic carbocycles. The molecule has 1 aliphatic rings. The number of nitrogens with zero attached hydrogens (tertiary/aromatic N) is 1. The number of thiophene rings is 1. The molecule has 2 heterocycles. The van der Waals surface area contributed by atoms with Crippen LogP contribution < -0.4 is 5.73 Å². The molecule has 120 valence electrons. The van der Waals surface area contributed by atoms with Gasteiger partial charge < -0.3 is 5.73 Å². The first-order valence-corrected chi connectivity index (χ1v) is 9.74. The molecule has 0 bridgehead atoms. The van der Waals surface area contributed by atoms with Crippen LogP contribution in [0.4, 0.5) is 0 Å². The maximum Gasteiger partial charge on any atom is 0.252 e. The summed E-state index contributed by atoms with van der Waals surface area (Å²) in [6.45, 7) is 9.41. The summed E-state index contributed by atoms with van der Waals surface area (Å²) in [5.74, 6) is 0.260. The third kappa shape index (κ3) is 3.67. The summed E-state index contributed by atoms with van der Waals surface area (Å²) in [6, 6.07) is 3.72. The van der Waals surface area contributed by atoms with Crippen LogP contribution in [-0.2, 0) is 15.4 Å². The zero-order valence-corrected chi connectivity index (χ0v) is 14.9. The molecular formula is C15H26N2O2S2. The predicted octanol–water partition coefficient (Wildman–Crippen LogP) is 2.79. The van der Waals surface area contributed by atoms with Gasteiger partial charge in [0.2, 0.25) is 0 Å². The molecular weight excluding hydrogens is 304 g/mol. The van der Waals surface area contributed by atoms with Gasteiger partial charge in [0.15, 0.2) is 0 Å². The SMILES string of the molecule is CC(N)C1CCCN(S(=O)(=O)c2ccc(C(C)(C)C)s2)C1. The Kier molecular flexibility index (Phi) is 4.83. The standard InChI is InChI=1S/C15H26N2O2S2/c1-11(16)12-6-5-9-17(10-12)21(18,19)14-8-7-13(20-14)15(2,3)4/h7-8,11-12H,5-6,9-10,16H2,1-4H3. The van der Waals surface area contributed by atoms with E-state index in [1.54, 1.807) is 10.4 Å². The second-order valence-corrected chi connectivity index (χ2v) is 10.2. The molecule has 1 aromatic rings. The molecule has 4 nitrogen and oxygen atoms in total. The second kappa shape index (κ2) is 5.99. The van der Waals surface area contributed by atoms with Crippen LogP contribution in [0.25, 0.3) is 0 Å². The molecule has 2 rings (SSSR count). The van der Waals surface area contributed by atoms with E-state index in [2.05, 4.69) is 20.8 Å². The molecule has 0 radical (unpaired) electrons. The minimum atomic E-state index is -3.37. The monoisotopic (exact) mass is 330 g/mol. The molecule has 2 unspecified atom stereocenters. The van der Waals surface area contributed by atoms with Crippen molar-refractivity contribution in [2.45, 2.75) is 56.2 Å². The highest BCUT2D eigenvalue weighted by molar-refractivity contribution is 7.91. The van der Waals surface area contributed by atoms with Gasteiger partial charge in [0.05, 0.1) is 0 Å². The third-order valence-electron chi connectivity index (χ3n) is 4.08. The highest BCUT2D eigenvalue weighted by Gasteiger charge is 2.33. The highest BCUT2D eigenvalue weighted by atomic mass is 32.2. The molecule has 2 atom stereocenters. The Labute approximate surface area is 132 Å². The molecule has 1 saturated heterocycles. The number of piperidine rings is 1. The summed E-state index contributed by atoms with van der Waals surface area (Å²) in [4.78, 5) is 1.10. The van der Waals surface area contributed by atoms with Crippen LogP contribution in [0, 0.1) is 5.92 Å². The van der Waals surface area contributed by atoms with Gasteiger partial charge in [-0.05, 0) is 43.2 Å². The summed E-state index contributed by atoms with van der Waals surface area (Å²) >= 11 is 1.39. The Morgan fingerprint density at radius 1 is 1.38 bits per heavy atom. The van der Waals surface area contributed by atoms with E-state index < -0.39 is 10.0 Å². The van der Waals surface area contributed by atoms with Crippen molar-refractivity contribution >= 4 is 21.4 Å². The van der Waals surface area contributed by atoms with Gasteiger partial charge in [-0.25, -0.2) is 8.42 Å². The van der Waals surface area contributed by atoms with E-state index in [9.17, 15) is 8.42 Å².